The highest BCUT2D eigenvalue weighted by molar-refractivity contribution is 14.1. The van der Waals surface area contributed by atoms with E-state index in [1.165, 1.54) is 21.8 Å². The molecule has 5 heteroatoms. The van der Waals surface area contributed by atoms with E-state index in [0.29, 0.717) is 5.56 Å². The smallest absolute Gasteiger partial charge is 0.271 e. The lowest BCUT2D eigenvalue weighted by atomic mass is 10.1. The van der Waals surface area contributed by atoms with Crippen molar-refractivity contribution < 1.29 is 4.79 Å². The van der Waals surface area contributed by atoms with Crippen LogP contribution in [0.3, 0.4) is 0 Å². The Morgan fingerprint density at radius 1 is 1.04 bits per heavy atom. The third-order valence-electron chi connectivity index (χ3n) is 4.60. The number of para-hydroxylation sites is 1. The molecule has 0 spiro atoms. The number of amides is 1. The van der Waals surface area contributed by atoms with Crippen molar-refractivity contribution in [3.63, 3.8) is 0 Å². The van der Waals surface area contributed by atoms with Gasteiger partial charge in [0.25, 0.3) is 5.91 Å². The molecule has 4 rings (SSSR count). The van der Waals surface area contributed by atoms with Gasteiger partial charge in [-0.1, -0.05) is 24.3 Å². The summed E-state index contributed by atoms with van der Waals surface area (Å²) in [6.07, 6.45) is 1.68. The number of hydrogen-bond acceptors (Lipinski definition) is 2. The topological polar surface area (TPSA) is 46.4 Å². The number of nitrogens with zero attached hydrogens (tertiary/aromatic N) is 2. The van der Waals surface area contributed by atoms with Crippen LogP contribution in [0, 0.1) is 3.57 Å². The minimum Gasteiger partial charge on any atom is -0.341 e. The lowest BCUT2D eigenvalue weighted by molar-refractivity contribution is 0.0955. The van der Waals surface area contributed by atoms with Crippen LogP contribution in [0.4, 0.5) is 0 Å². The quantitative estimate of drug-likeness (QED) is 0.251. The molecule has 27 heavy (non-hydrogen) atoms. The second-order valence-electron chi connectivity index (χ2n) is 6.24. The number of halogens is 1. The number of benzene rings is 3. The van der Waals surface area contributed by atoms with Crippen molar-refractivity contribution >= 4 is 56.5 Å². The van der Waals surface area contributed by atoms with Gasteiger partial charge in [-0.25, -0.2) is 5.43 Å². The second kappa shape index (κ2) is 7.52. The van der Waals surface area contributed by atoms with Crippen LogP contribution in [0.2, 0.25) is 0 Å². The van der Waals surface area contributed by atoms with Crippen LogP contribution in [0.1, 0.15) is 22.8 Å². The number of hydrogen-bond donors (Lipinski definition) is 1. The van der Waals surface area contributed by atoms with E-state index in [0.717, 1.165) is 15.7 Å². The number of aryl methyl sites for hydroxylation is 1. The molecule has 0 saturated carbocycles. The van der Waals surface area contributed by atoms with E-state index in [2.05, 4.69) is 81.0 Å². The third-order valence-corrected chi connectivity index (χ3v) is 5.32. The van der Waals surface area contributed by atoms with Crippen molar-refractivity contribution in [3.8, 4) is 0 Å². The molecule has 0 bridgehead atoms. The summed E-state index contributed by atoms with van der Waals surface area (Å²) in [7, 11) is 0. The van der Waals surface area contributed by atoms with Crippen molar-refractivity contribution in [2.75, 3.05) is 0 Å². The number of aromatic nitrogens is 1. The first-order valence-corrected chi connectivity index (χ1v) is 9.85. The number of nitrogens with one attached hydrogen (secondary N) is 1. The van der Waals surface area contributed by atoms with Gasteiger partial charge >= 0.3 is 0 Å². The molecule has 0 aliphatic carbocycles. The molecular weight excluding hydrogens is 449 g/mol. The van der Waals surface area contributed by atoms with Gasteiger partial charge in [0.05, 0.1) is 6.21 Å². The zero-order valence-electron chi connectivity index (χ0n) is 14.8. The summed E-state index contributed by atoms with van der Waals surface area (Å²) < 4.78 is 3.40. The van der Waals surface area contributed by atoms with Crippen LogP contribution in [-0.4, -0.2) is 16.7 Å². The van der Waals surface area contributed by atoms with Crippen molar-refractivity contribution in [3.05, 3.63) is 81.4 Å². The molecule has 0 saturated heterocycles. The zero-order valence-corrected chi connectivity index (χ0v) is 17.0. The number of carbonyl (C=O) groups is 1. The first kappa shape index (κ1) is 17.7. The fraction of sp³-hybridized carbons (Fsp3) is 0.0909. The van der Waals surface area contributed by atoms with Crippen LogP contribution >= 0.6 is 22.6 Å². The maximum Gasteiger partial charge on any atom is 0.271 e. The highest BCUT2D eigenvalue weighted by Crippen LogP contribution is 2.29. The fourth-order valence-corrected chi connectivity index (χ4v) is 3.68. The van der Waals surface area contributed by atoms with E-state index in [9.17, 15) is 4.79 Å². The van der Waals surface area contributed by atoms with Crippen molar-refractivity contribution in [2.45, 2.75) is 13.5 Å². The number of carbonyl (C=O) groups excluding carboxylic acids is 1. The zero-order chi connectivity index (χ0) is 18.8. The summed E-state index contributed by atoms with van der Waals surface area (Å²) in [5, 5.41) is 6.54. The van der Waals surface area contributed by atoms with Gasteiger partial charge < -0.3 is 4.57 Å². The number of hydrazone groups is 1. The van der Waals surface area contributed by atoms with E-state index in [1.54, 1.807) is 18.3 Å². The van der Waals surface area contributed by atoms with Gasteiger partial charge in [-0.05, 0) is 77.5 Å². The summed E-state index contributed by atoms with van der Waals surface area (Å²) in [5.74, 6) is -0.216. The molecule has 0 fully saturated rings. The predicted octanol–water partition coefficient (Wildman–Crippen LogP) is 5.18. The Bertz CT molecular complexity index is 1160. The van der Waals surface area contributed by atoms with Gasteiger partial charge in [0.2, 0.25) is 0 Å². The Hall–Kier alpha value is -2.67. The first-order chi connectivity index (χ1) is 13.2. The Morgan fingerprint density at radius 2 is 1.78 bits per heavy atom. The van der Waals surface area contributed by atoms with Crippen LogP contribution < -0.4 is 5.43 Å². The minimum absolute atomic E-state index is 0.216. The first-order valence-electron chi connectivity index (χ1n) is 8.77. The average molecular weight is 467 g/mol. The summed E-state index contributed by atoms with van der Waals surface area (Å²) in [5.41, 5.74) is 6.57. The van der Waals surface area contributed by atoms with E-state index < -0.39 is 0 Å². The highest BCUT2D eigenvalue weighted by atomic mass is 127. The molecule has 134 valence electrons. The maximum absolute atomic E-state index is 12.1. The predicted molar refractivity (Wildman–Crippen MR) is 119 cm³/mol. The molecule has 3 aromatic carbocycles. The third kappa shape index (κ3) is 3.47. The largest absolute Gasteiger partial charge is 0.341 e. The molecular formula is C22H18IN3O. The van der Waals surface area contributed by atoms with Crippen molar-refractivity contribution in [1.82, 2.24) is 9.99 Å². The molecule has 4 aromatic rings. The standard InChI is InChI=1S/C22H18IN3O/c1-2-26-20-6-4-3-5-18(20)19-13-15(7-12-21(19)26)14-24-25-22(27)16-8-10-17(23)11-9-16/h3-14H,2H2,1H3,(H,25,27)/b24-14+. The van der Waals surface area contributed by atoms with Crippen molar-refractivity contribution in [1.29, 1.82) is 0 Å². The van der Waals surface area contributed by atoms with Crippen LogP contribution in [0.5, 0.6) is 0 Å². The van der Waals surface area contributed by atoms with Crippen LogP contribution in [0.25, 0.3) is 21.8 Å². The van der Waals surface area contributed by atoms with Gasteiger partial charge in [0, 0.05) is 37.5 Å². The number of rotatable bonds is 4. The molecule has 1 heterocycles. The van der Waals surface area contributed by atoms with Crippen molar-refractivity contribution in [2.24, 2.45) is 5.10 Å². The maximum atomic E-state index is 12.1. The fourth-order valence-electron chi connectivity index (χ4n) is 3.32. The summed E-state index contributed by atoms with van der Waals surface area (Å²) in [6, 6.07) is 22.0. The van der Waals surface area contributed by atoms with Gasteiger partial charge in [-0.3, -0.25) is 4.79 Å². The molecule has 1 amide bonds. The summed E-state index contributed by atoms with van der Waals surface area (Å²) in [6.45, 7) is 3.07. The van der Waals surface area contributed by atoms with Gasteiger partial charge in [-0.15, -0.1) is 0 Å². The molecule has 4 nitrogen and oxygen atoms in total. The van der Waals surface area contributed by atoms with E-state index >= 15 is 0 Å². The Kier molecular flexibility index (Phi) is 4.94. The molecule has 0 atom stereocenters. The molecule has 1 N–H and O–H groups in total. The summed E-state index contributed by atoms with van der Waals surface area (Å²) in [4.78, 5) is 12.1. The second-order valence-corrected chi connectivity index (χ2v) is 7.49. The van der Waals surface area contributed by atoms with E-state index in [1.807, 2.05) is 18.2 Å². The lowest BCUT2D eigenvalue weighted by Gasteiger charge is -2.03. The molecule has 1 aromatic heterocycles. The molecule has 0 aliphatic rings. The molecule has 0 aliphatic heterocycles. The normalized spacial score (nSPS) is 11.5. The van der Waals surface area contributed by atoms with Crippen LogP contribution in [-0.2, 0) is 6.54 Å². The Balaban J connectivity index is 1.61. The number of fused-ring (bicyclic) bond motifs is 3. The van der Waals surface area contributed by atoms with Crippen LogP contribution in [0.15, 0.2) is 71.8 Å². The Labute approximate surface area is 171 Å². The van der Waals surface area contributed by atoms with Gasteiger partial charge in [0.1, 0.15) is 0 Å². The molecule has 0 unspecified atom stereocenters. The minimum atomic E-state index is -0.216. The van der Waals surface area contributed by atoms with Gasteiger partial charge in [-0.2, -0.15) is 5.10 Å². The summed E-state index contributed by atoms with van der Waals surface area (Å²) >= 11 is 2.21. The lowest BCUT2D eigenvalue weighted by Crippen LogP contribution is -2.17. The van der Waals surface area contributed by atoms with E-state index in [-0.39, 0.29) is 5.91 Å². The SMILES string of the molecule is CCn1c2ccccc2c2cc(/C=N/NC(=O)c3ccc(I)cc3)ccc21. The highest BCUT2D eigenvalue weighted by Gasteiger charge is 2.09. The Morgan fingerprint density at radius 3 is 2.56 bits per heavy atom. The van der Waals surface area contributed by atoms with E-state index in [4.69, 9.17) is 0 Å². The van der Waals surface area contributed by atoms with Gasteiger partial charge in [0.15, 0.2) is 0 Å². The average Bonchev–Trinajstić information content (AvgIpc) is 3.01. The monoisotopic (exact) mass is 467 g/mol. The molecule has 0 radical (unpaired) electrons.